The molecule has 0 radical (unpaired) electrons. The largest absolute Gasteiger partial charge is 0.366 e. The van der Waals surface area contributed by atoms with Crippen molar-refractivity contribution in [1.82, 2.24) is 19.8 Å². The van der Waals surface area contributed by atoms with Gasteiger partial charge >= 0.3 is 0 Å². The Hall–Kier alpha value is -2.45. The molecule has 0 bridgehead atoms. The molecule has 2 aromatic rings. The molecule has 2 atom stereocenters. The Kier molecular flexibility index (Phi) is 7.57. The van der Waals surface area contributed by atoms with Crippen LogP contribution in [0.5, 0.6) is 0 Å². The maximum atomic E-state index is 15.2. The van der Waals surface area contributed by atoms with Gasteiger partial charge in [-0.25, -0.2) is 9.37 Å². The molecule has 0 aromatic carbocycles. The minimum atomic E-state index is -0.829. The molecule has 10 heteroatoms. The molecule has 0 saturated carbocycles. The minimum Gasteiger partial charge on any atom is -0.366 e. The van der Waals surface area contributed by atoms with Crippen LogP contribution in [0.25, 0.3) is 0 Å². The molecule has 4 heterocycles. The number of hydrogen-bond acceptors (Lipinski definition) is 6. The number of hydrogen-bond donors (Lipinski definition) is 1. The van der Waals surface area contributed by atoms with E-state index in [2.05, 4.69) is 54.5 Å². The molecule has 2 aliphatic rings. The summed E-state index contributed by atoms with van der Waals surface area (Å²) in [4.78, 5) is 28.3. The SMILES string of the molecule is BC1(B)CCN(C2CCN(C(C)C)CC2F)CCN1c1cccc(C(=O)Nc2ccncc2)n1. The first-order chi connectivity index (χ1) is 16.2. The van der Waals surface area contributed by atoms with Gasteiger partial charge in [0.25, 0.3) is 5.91 Å². The average Bonchev–Trinajstić information content (AvgIpc) is 2.97. The first-order valence-corrected chi connectivity index (χ1v) is 12.3. The molecule has 1 amide bonds. The second-order valence-electron chi connectivity index (χ2n) is 10.3. The lowest BCUT2D eigenvalue weighted by molar-refractivity contribution is 0.0251. The van der Waals surface area contributed by atoms with Crippen LogP contribution in [0.3, 0.4) is 0 Å². The molecule has 0 spiro atoms. The summed E-state index contributed by atoms with van der Waals surface area (Å²) in [6.07, 6.45) is 4.21. The molecule has 2 fully saturated rings. The molecule has 2 aromatic heterocycles. The highest BCUT2D eigenvalue weighted by Crippen LogP contribution is 2.28. The van der Waals surface area contributed by atoms with Crippen LogP contribution < -0.4 is 10.2 Å². The summed E-state index contributed by atoms with van der Waals surface area (Å²) in [6, 6.07) is 9.41. The number of nitrogens with zero attached hydrogens (tertiary/aromatic N) is 5. The molecular weight excluding hydrogens is 429 g/mol. The number of halogens is 1. The Bertz CT molecular complexity index is 979. The van der Waals surface area contributed by atoms with Gasteiger partial charge in [-0.05, 0) is 62.8 Å². The van der Waals surface area contributed by atoms with Crippen molar-refractivity contribution in [2.75, 3.05) is 42.9 Å². The molecule has 34 heavy (non-hydrogen) atoms. The van der Waals surface area contributed by atoms with E-state index in [0.29, 0.717) is 24.0 Å². The molecule has 0 aliphatic carbocycles. The van der Waals surface area contributed by atoms with E-state index in [0.717, 1.165) is 44.8 Å². The van der Waals surface area contributed by atoms with Crippen LogP contribution in [-0.2, 0) is 0 Å². The summed E-state index contributed by atoms with van der Waals surface area (Å²) in [5.41, 5.74) is 1.05. The molecule has 2 aliphatic heterocycles. The molecule has 7 nitrogen and oxygen atoms in total. The topological polar surface area (TPSA) is 64.6 Å². The van der Waals surface area contributed by atoms with Gasteiger partial charge in [0.15, 0.2) is 0 Å². The van der Waals surface area contributed by atoms with E-state index in [-0.39, 0.29) is 17.3 Å². The Labute approximate surface area is 203 Å². The fourth-order valence-electron chi connectivity index (χ4n) is 5.08. The summed E-state index contributed by atoms with van der Waals surface area (Å²) < 4.78 is 15.2. The van der Waals surface area contributed by atoms with Crippen molar-refractivity contribution >= 4 is 33.1 Å². The Morgan fingerprint density at radius 2 is 1.91 bits per heavy atom. The monoisotopic (exact) mass is 464 g/mol. The number of anilines is 2. The van der Waals surface area contributed by atoms with Crippen LogP contribution in [-0.4, -0.2) is 97.7 Å². The van der Waals surface area contributed by atoms with Gasteiger partial charge in [0.05, 0.1) is 0 Å². The molecule has 2 unspecified atom stereocenters. The van der Waals surface area contributed by atoms with Crippen LogP contribution in [0.1, 0.15) is 37.2 Å². The Morgan fingerprint density at radius 1 is 1.15 bits per heavy atom. The maximum absolute atomic E-state index is 15.2. The van der Waals surface area contributed by atoms with Crippen molar-refractivity contribution in [2.45, 2.75) is 50.3 Å². The smallest absolute Gasteiger partial charge is 0.274 e. The molecular formula is C24H35B2FN6O. The van der Waals surface area contributed by atoms with Gasteiger partial charge < -0.3 is 10.2 Å². The summed E-state index contributed by atoms with van der Waals surface area (Å²) in [5, 5.41) is 2.71. The van der Waals surface area contributed by atoms with Crippen molar-refractivity contribution in [1.29, 1.82) is 0 Å². The van der Waals surface area contributed by atoms with Gasteiger partial charge in [-0.15, -0.1) is 0 Å². The van der Waals surface area contributed by atoms with Gasteiger partial charge in [0.2, 0.25) is 0 Å². The number of pyridine rings is 2. The number of likely N-dealkylation sites (tertiary alicyclic amines) is 1. The van der Waals surface area contributed by atoms with Gasteiger partial charge in [-0.2, -0.15) is 0 Å². The summed E-state index contributed by atoms with van der Waals surface area (Å²) >= 11 is 0. The third kappa shape index (κ3) is 5.61. The number of nitrogens with one attached hydrogen (secondary N) is 1. The van der Waals surface area contributed by atoms with E-state index in [1.807, 2.05) is 12.1 Å². The number of piperidine rings is 1. The maximum Gasteiger partial charge on any atom is 0.274 e. The fraction of sp³-hybridized carbons (Fsp3) is 0.542. The van der Waals surface area contributed by atoms with E-state index < -0.39 is 6.17 Å². The van der Waals surface area contributed by atoms with E-state index in [4.69, 9.17) is 4.98 Å². The average molecular weight is 464 g/mol. The standard InChI is InChI=1S/C24H35B2FN6O/c1-17(2)32-12-8-21(19(27)16-32)31-13-9-24(25,26)33(15-14-31)22-5-3-4-20(30-22)23(34)29-18-6-10-28-11-7-18/h3-7,10-11,17,19,21H,8-9,12-16,25-26H2,1-2H3,(H,28,29,34). The quantitative estimate of drug-likeness (QED) is 0.667. The lowest BCUT2D eigenvalue weighted by Gasteiger charge is -2.41. The van der Waals surface area contributed by atoms with E-state index in [1.54, 1.807) is 30.6 Å². The normalized spacial score (nSPS) is 24.1. The van der Waals surface area contributed by atoms with Crippen LogP contribution in [0.15, 0.2) is 42.7 Å². The second-order valence-corrected chi connectivity index (χ2v) is 10.3. The van der Waals surface area contributed by atoms with Crippen LogP contribution >= 0.6 is 0 Å². The molecule has 4 rings (SSSR count). The van der Waals surface area contributed by atoms with Crippen LogP contribution in [0.2, 0.25) is 0 Å². The number of rotatable bonds is 5. The Morgan fingerprint density at radius 3 is 2.62 bits per heavy atom. The summed E-state index contributed by atoms with van der Waals surface area (Å²) in [7, 11) is 4.41. The first-order valence-electron chi connectivity index (χ1n) is 12.3. The number of carbonyl (C=O) groups is 1. The minimum absolute atomic E-state index is 0.0313. The third-order valence-corrected chi connectivity index (χ3v) is 7.27. The lowest BCUT2D eigenvalue weighted by Crippen LogP contribution is -2.54. The zero-order chi connectivity index (χ0) is 24.3. The predicted octanol–water partition coefficient (Wildman–Crippen LogP) is 0.982. The van der Waals surface area contributed by atoms with Crippen molar-refractivity contribution in [2.24, 2.45) is 0 Å². The summed E-state index contributed by atoms with van der Waals surface area (Å²) in [5.74, 6) is 0.528. The predicted molar refractivity (Wildman–Crippen MR) is 140 cm³/mol. The number of aromatic nitrogens is 2. The van der Waals surface area contributed by atoms with Gasteiger partial charge in [0, 0.05) is 56.3 Å². The second kappa shape index (κ2) is 10.4. The van der Waals surface area contributed by atoms with Gasteiger partial charge in [-0.1, -0.05) is 6.07 Å². The van der Waals surface area contributed by atoms with Gasteiger partial charge in [0.1, 0.15) is 33.4 Å². The zero-order valence-corrected chi connectivity index (χ0v) is 20.7. The van der Waals surface area contributed by atoms with Crippen LogP contribution in [0, 0.1) is 0 Å². The van der Waals surface area contributed by atoms with E-state index in [9.17, 15) is 4.79 Å². The molecule has 1 N–H and O–H groups in total. The highest BCUT2D eigenvalue weighted by molar-refractivity contribution is 6.41. The highest BCUT2D eigenvalue weighted by atomic mass is 19.1. The number of carbonyl (C=O) groups excluding carboxylic acids is 1. The van der Waals surface area contributed by atoms with Crippen molar-refractivity contribution in [3.8, 4) is 0 Å². The highest BCUT2D eigenvalue weighted by Gasteiger charge is 2.38. The van der Waals surface area contributed by atoms with Gasteiger partial charge in [-0.3, -0.25) is 19.6 Å². The first kappa shape index (κ1) is 24.7. The van der Waals surface area contributed by atoms with Crippen molar-refractivity contribution in [3.63, 3.8) is 0 Å². The molecule has 180 valence electrons. The third-order valence-electron chi connectivity index (χ3n) is 7.27. The van der Waals surface area contributed by atoms with Crippen molar-refractivity contribution < 1.29 is 9.18 Å². The number of amides is 1. The Balaban J connectivity index is 1.46. The van der Waals surface area contributed by atoms with Crippen molar-refractivity contribution in [3.05, 3.63) is 48.4 Å². The zero-order valence-electron chi connectivity index (χ0n) is 20.7. The lowest BCUT2D eigenvalue weighted by atomic mass is 9.59. The molecule has 2 saturated heterocycles. The summed E-state index contributed by atoms with van der Waals surface area (Å²) in [6.45, 7) is 8.12. The fourth-order valence-corrected chi connectivity index (χ4v) is 5.08. The van der Waals surface area contributed by atoms with Crippen LogP contribution in [0.4, 0.5) is 15.9 Å². The van der Waals surface area contributed by atoms with E-state index >= 15 is 4.39 Å². The number of alkyl halides is 1. The van der Waals surface area contributed by atoms with E-state index in [1.165, 1.54) is 0 Å².